The van der Waals surface area contributed by atoms with Crippen LogP contribution in [0, 0.1) is 6.92 Å². The van der Waals surface area contributed by atoms with Gasteiger partial charge in [0.05, 0.1) is 17.4 Å². The molecule has 3 heterocycles. The molecule has 0 aliphatic carbocycles. The van der Waals surface area contributed by atoms with Gasteiger partial charge in [0.1, 0.15) is 22.7 Å². The molecule has 0 saturated heterocycles. The van der Waals surface area contributed by atoms with Gasteiger partial charge in [-0.2, -0.15) is 0 Å². The summed E-state index contributed by atoms with van der Waals surface area (Å²) >= 11 is 1.38. The molecule has 0 aliphatic rings. The first-order chi connectivity index (χ1) is 15.2. The Balaban J connectivity index is 1.47. The van der Waals surface area contributed by atoms with E-state index in [0.29, 0.717) is 18.0 Å². The third-order valence-corrected chi connectivity index (χ3v) is 6.15. The number of ether oxygens (including phenoxy) is 1. The number of carbonyl (C=O) groups excluding carboxylic acids is 1. The van der Waals surface area contributed by atoms with Gasteiger partial charge < -0.3 is 15.4 Å². The predicted octanol–water partition coefficient (Wildman–Crippen LogP) is 3.99. The normalized spacial score (nSPS) is 10.8. The highest BCUT2D eigenvalue weighted by molar-refractivity contribution is 7.20. The second-order valence-corrected chi connectivity index (χ2v) is 8.03. The van der Waals surface area contributed by atoms with Gasteiger partial charge in [-0.3, -0.25) is 9.78 Å². The summed E-state index contributed by atoms with van der Waals surface area (Å²) in [5.41, 5.74) is 3.01. The highest BCUT2D eigenvalue weighted by atomic mass is 32.1. The summed E-state index contributed by atoms with van der Waals surface area (Å²) < 4.78 is 5.29. The van der Waals surface area contributed by atoms with Crippen molar-refractivity contribution in [1.82, 2.24) is 20.3 Å². The molecule has 1 aromatic carbocycles. The Kier molecular flexibility index (Phi) is 6.37. The number of rotatable bonds is 8. The van der Waals surface area contributed by atoms with Crippen LogP contribution in [0.2, 0.25) is 0 Å². The number of fused-ring (bicyclic) bond motifs is 1. The topological polar surface area (TPSA) is 89.0 Å². The van der Waals surface area contributed by atoms with Crippen molar-refractivity contribution in [2.24, 2.45) is 0 Å². The molecule has 1 amide bonds. The first-order valence-corrected chi connectivity index (χ1v) is 10.8. The molecule has 0 aliphatic heterocycles. The standard InChI is InChI=1S/C23H23N5O2S/c1-15-19-21(25-10-8-16-5-3-7-18(11-16)30-2)27-14-28-23(19)31-20(15)22(29)26-13-17-6-4-9-24-12-17/h3-7,9,11-12,14H,8,10,13H2,1-2H3,(H,26,29)(H,25,27,28). The van der Waals surface area contributed by atoms with Crippen LogP contribution in [0.3, 0.4) is 0 Å². The Bertz CT molecular complexity index is 1190. The number of amides is 1. The van der Waals surface area contributed by atoms with E-state index in [1.54, 1.807) is 19.5 Å². The fraction of sp³-hybridized carbons (Fsp3) is 0.217. The van der Waals surface area contributed by atoms with Crippen molar-refractivity contribution in [2.45, 2.75) is 19.9 Å². The molecule has 0 atom stereocenters. The molecule has 0 radical (unpaired) electrons. The summed E-state index contributed by atoms with van der Waals surface area (Å²) in [5.74, 6) is 1.47. The quantitative estimate of drug-likeness (QED) is 0.437. The molecule has 0 unspecified atom stereocenters. The van der Waals surface area contributed by atoms with Crippen LogP contribution in [0.4, 0.5) is 5.82 Å². The summed E-state index contributed by atoms with van der Waals surface area (Å²) in [6, 6.07) is 11.8. The van der Waals surface area contributed by atoms with E-state index in [9.17, 15) is 4.79 Å². The van der Waals surface area contributed by atoms with Crippen LogP contribution in [0.25, 0.3) is 10.2 Å². The second-order valence-electron chi connectivity index (χ2n) is 7.03. The van der Waals surface area contributed by atoms with E-state index in [2.05, 4.69) is 31.7 Å². The average Bonchev–Trinajstić information content (AvgIpc) is 3.15. The monoisotopic (exact) mass is 433 g/mol. The SMILES string of the molecule is COc1cccc(CCNc2ncnc3sc(C(=O)NCc4cccnc4)c(C)c23)c1. The van der Waals surface area contributed by atoms with Gasteiger partial charge in [0, 0.05) is 25.5 Å². The van der Waals surface area contributed by atoms with Crippen LogP contribution < -0.4 is 15.4 Å². The lowest BCUT2D eigenvalue weighted by molar-refractivity contribution is 0.0954. The molecule has 0 saturated carbocycles. The molecule has 4 aromatic rings. The third kappa shape index (κ3) is 4.80. The number of aromatic nitrogens is 3. The van der Waals surface area contributed by atoms with Crippen LogP contribution in [-0.4, -0.2) is 34.5 Å². The molecule has 7 nitrogen and oxygen atoms in total. The zero-order chi connectivity index (χ0) is 21.6. The van der Waals surface area contributed by atoms with Crippen molar-refractivity contribution in [3.05, 3.63) is 76.7 Å². The molecular formula is C23H23N5O2S. The predicted molar refractivity (Wildman–Crippen MR) is 123 cm³/mol. The zero-order valence-electron chi connectivity index (χ0n) is 17.4. The van der Waals surface area contributed by atoms with Crippen molar-refractivity contribution in [1.29, 1.82) is 0 Å². The summed E-state index contributed by atoms with van der Waals surface area (Å²) in [5, 5.41) is 7.26. The van der Waals surface area contributed by atoms with Crippen LogP contribution in [-0.2, 0) is 13.0 Å². The maximum absolute atomic E-state index is 12.8. The lowest BCUT2D eigenvalue weighted by Gasteiger charge is -2.08. The Morgan fingerprint density at radius 3 is 2.84 bits per heavy atom. The summed E-state index contributed by atoms with van der Waals surface area (Å²) in [6.45, 7) is 3.07. The maximum Gasteiger partial charge on any atom is 0.261 e. The summed E-state index contributed by atoms with van der Waals surface area (Å²) in [4.78, 5) is 27.1. The Labute approximate surface area is 184 Å². The minimum absolute atomic E-state index is 0.119. The van der Waals surface area contributed by atoms with E-state index in [1.165, 1.54) is 23.2 Å². The number of benzene rings is 1. The Morgan fingerprint density at radius 2 is 2.03 bits per heavy atom. The van der Waals surface area contributed by atoms with Gasteiger partial charge in [-0.25, -0.2) is 9.97 Å². The zero-order valence-corrected chi connectivity index (χ0v) is 18.2. The molecule has 31 heavy (non-hydrogen) atoms. The molecular weight excluding hydrogens is 410 g/mol. The van der Waals surface area contributed by atoms with Gasteiger partial charge in [0.25, 0.3) is 5.91 Å². The summed E-state index contributed by atoms with van der Waals surface area (Å²) in [6.07, 6.45) is 5.81. The van der Waals surface area contributed by atoms with Crippen LogP contribution in [0.5, 0.6) is 5.75 Å². The molecule has 0 fully saturated rings. The van der Waals surface area contributed by atoms with Crippen molar-refractivity contribution >= 4 is 33.3 Å². The van der Waals surface area contributed by atoms with Gasteiger partial charge >= 0.3 is 0 Å². The lowest BCUT2D eigenvalue weighted by atomic mass is 10.1. The molecule has 0 spiro atoms. The first-order valence-electron chi connectivity index (χ1n) is 9.93. The van der Waals surface area contributed by atoms with E-state index >= 15 is 0 Å². The number of pyridine rings is 1. The van der Waals surface area contributed by atoms with Crippen molar-refractivity contribution < 1.29 is 9.53 Å². The fourth-order valence-electron chi connectivity index (χ4n) is 3.34. The third-order valence-electron chi connectivity index (χ3n) is 4.95. The number of hydrogen-bond donors (Lipinski definition) is 2. The molecule has 8 heteroatoms. The lowest BCUT2D eigenvalue weighted by Crippen LogP contribution is -2.22. The number of nitrogens with zero attached hydrogens (tertiary/aromatic N) is 3. The van der Waals surface area contributed by atoms with Crippen LogP contribution in [0.15, 0.2) is 55.1 Å². The van der Waals surface area contributed by atoms with Crippen molar-refractivity contribution in [3.8, 4) is 5.75 Å². The minimum atomic E-state index is -0.119. The molecule has 3 aromatic heterocycles. The van der Waals surface area contributed by atoms with Gasteiger partial charge in [-0.15, -0.1) is 11.3 Å². The Hall–Kier alpha value is -3.52. The Morgan fingerprint density at radius 1 is 1.16 bits per heavy atom. The highest BCUT2D eigenvalue weighted by Crippen LogP contribution is 2.33. The highest BCUT2D eigenvalue weighted by Gasteiger charge is 2.19. The number of anilines is 1. The van der Waals surface area contributed by atoms with E-state index in [4.69, 9.17) is 4.74 Å². The van der Waals surface area contributed by atoms with E-state index < -0.39 is 0 Å². The van der Waals surface area contributed by atoms with Gasteiger partial charge in [0.15, 0.2) is 0 Å². The first kappa shape index (κ1) is 20.7. The largest absolute Gasteiger partial charge is 0.497 e. The van der Waals surface area contributed by atoms with Gasteiger partial charge in [-0.05, 0) is 48.2 Å². The van der Waals surface area contributed by atoms with Crippen molar-refractivity contribution in [3.63, 3.8) is 0 Å². The van der Waals surface area contributed by atoms with E-state index in [0.717, 1.165) is 39.3 Å². The van der Waals surface area contributed by atoms with Gasteiger partial charge in [-0.1, -0.05) is 18.2 Å². The van der Waals surface area contributed by atoms with Crippen LogP contribution >= 0.6 is 11.3 Å². The smallest absolute Gasteiger partial charge is 0.261 e. The van der Waals surface area contributed by atoms with Gasteiger partial charge in [0.2, 0.25) is 0 Å². The molecule has 0 bridgehead atoms. The number of thiophene rings is 1. The summed E-state index contributed by atoms with van der Waals surface area (Å²) in [7, 11) is 1.67. The molecule has 4 rings (SSSR count). The maximum atomic E-state index is 12.8. The van der Waals surface area contributed by atoms with Crippen molar-refractivity contribution in [2.75, 3.05) is 19.0 Å². The fourth-order valence-corrected chi connectivity index (χ4v) is 4.41. The van der Waals surface area contributed by atoms with Crippen LogP contribution in [0.1, 0.15) is 26.4 Å². The number of hydrogen-bond acceptors (Lipinski definition) is 7. The number of methoxy groups -OCH3 is 1. The second kappa shape index (κ2) is 9.53. The number of carbonyl (C=O) groups is 1. The average molecular weight is 434 g/mol. The molecule has 2 N–H and O–H groups in total. The molecule has 158 valence electrons. The number of aryl methyl sites for hydroxylation is 1. The van der Waals surface area contributed by atoms with E-state index in [-0.39, 0.29) is 5.91 Å². The van der Waals surface area contributed by atoms with E-state index in [1.807, 2.05) is 37.3 Å². The minimum Gasteiger partial charge on any atom is -0.497 e. The number of nitrogens with one attached hydrogen (secondary N) is 2.